The molecule has 1 unspecified atom stereocenters. The molecule has 45 heavy (non-hydrogen) atoms. The Hall–Kier alpha value is -4.13. The normalized spacial score (nSPS) is 19.5. The topological polar surface area (TPSA) is 108 Å². The molecule has 1 aromatic heterocycles. The number of benzene rings is 3. The Morgan fingerprint density at radius 2 is 1.47 bits per heavy atom. The van der Waals surface area contributed by atoms with Gasteiger partial charge in [-0.15, -0.1) is 0 Å². The number of sulfone groups is 1. The number of anilines is 2. The van der Waals surface area contributed by atoms with E-state index in [0.717, 1.165) is 61.0 Å². The molecule has 0 bridgehead atoms. The number of hydrogen-bond donors (Lipinski definition) is 0. The van der Waals surface area contributed by atoms with Gasteiger partial charge < -0.3 is 24.0 Å². The van der Waals surface area contributed by atoms with Crippen LogP contribution in [-0.2, 0) is 19.3 Å². The van der Waals surface area contributed by atoms with E-state index >= 15 is 0 Å². The molecule has 0 N–H and O–H groups in total. The fraction of sp³-hybridized carbons (Fsp3) is 0.394. The van der Waals surface area contributed by atoms with Crippen LogP contribution in [0.4, 0.5) is 11.4 Å². The zero-order chi connectivity index (χ0) is 31.6. The molecule has 2 saturated heterocycles. The minimum Gasteiger partial charge on any atom is -0.491 e. The average molecular weight is 634 g/mol. The second-order valence-corrected chi connectivity index (χ2v) is 13.6. The lowest BCUT2D eigenvalue weighted by molar-refractivity contribution is -0.0659. The molecule has 0 radical (unpaired) electrons. The van der Waals surface area contributed by atoms with Crippen LogP contribution in [0.3, 0.4) is 0 Å². The van der Waals surface area contributed by atoms with Crippen LogP contribution in [-0.4, -0.2) is 74.5 Å². The van der Waals surface area contributed by atoms with E-state index in [9.17, 15) is 13.2 Å². The van der Waals surface area contributed by atoms with Crippen molar-refractivity contribution in [2.45, 2.75) is 43.6 Å². The van der Waals surface area contributed by atoms with Crippen molar-refractivity contribution in [1.82, 2.24) is 14.3 Å². The van der Waals surface area contributed by atoms with Crippen molar-refractivity contribution in [2.24, 2.45) is 0 Å². The van der Waals surface area contributed by atoms with Gasteiger partial charge in [0.25, 0.3) is 0 Å². The Morgan fingerprint density at radius 1 is 0.889 bits per heavy atom. The molecule has 2 fully saturated rings. The molecule has 11 nitrogen and oxygen atoms in total. The van der Waals surface area contributed by atoms with E-state index in [-0.39, 0.29) is 22.7 Å². The highest BCUT2D eigenvalue weighted by Crippen LogP contribution is 2.29. The molecule has 3 aromatic carbocycles. The predicted molar refractivity (Wildman–Crippen MR) is 172 cm³/mol. The monoisotopic (exact) mass is 633 g/mol. The quantitative estimate of drug-likeness (QED) is 0.254. The van der Waals surface area contributed by atoms with Crippen LogP contribution in [0.1, 0.15) is 38.2 Å². The maximum atomic E-state index is 12.8. The molecule has 4 aromatic rings. The first-order chi connectivity index (χ1) is 21.7. The molecule has 3 heterocycles. The number of aromatic nitrogens is 3. The minimum absolute atomic E-state index is 0.0661. The second kappa shape index (κ2) is 13.1. The number of nitrogens with zero attached hydrogens (tertiary/aromatic N) is 5. The molecular formula is C33H39N5O6S. The van der Waals surface area contributed by atoms with Gasteiger partial charge in [-0.25, -0.2) is 22.5 Å². The highest BCUT2D eigenvalue weighted by Gasteiger charge is 2.28. The summed E-state index contributed by atoms with van der Waals surface area (Å²) in [5, 5.41) is 4.29. The smallest absolute Gasteiger partial charge is 0.350 e. The van der Waals surface area contributed by atoms with Crippen LogP contribution in [0.15, 0.2) is 88.8 Å². The minimum atomic E-state index is -3.25. The van der Waals surface area contributed by atoms with Crippen LogP contribution in [0.25, 0.3) is 5.69 Å². The summed E-state index contributed by atoms with van der Waals surface area (Å²) in [6, 6.07) is 22.8. The van der Waals surface area contributed by atoms with Gasteiger partial charge >= 0.3 is 5.69 Å². The van der Waals surface area contributed by atoms with Gasteiger partial charge in [-0.05, 0) is 74.0 Å². The standard InChI is InChI=1S/C33H39N5O6S/c1-4-24(2)38-33(39)37(23-34-38)28-9-7-26(8-10-28)35-17-19-36(20-18-35)27-11-13-29(14-12-27)42-21-30-22-43-32(44-30)25-5-15-31(16-6-25)45(3,40)41/h5-16,23-24,30,32H,4,17-22H2,1-3H3/t24?,30-,32-/m1/s1. The second-order valence-electron chi connectivity index (χ2n) is 11.5. The van der Waals surface area contributed by atoms with Crippen LogP contribution in [0, 0.1) is 0 Å². The molecule has 12 heteroatoms. The van der Waals surface area contributed by atoms with E-state index in [2.05, 4.69) is 39.2 Å². The van der Waals surface area contributed by atoms with Gasteiger partial charge in [0.1, 0.15) is 24.8 Å². The molecule has 3 atom stereocenters. The maximum Gasteiger partial charge on any atom is 0.350 e. The van der Waals surface area contributed by atoms with Gasteiger partial charge in [0.15, 0.2) is 16.1 Å². The molecule has 0 aliphatic carbocycles. The molecule has 2 aliphatic heterocycles. The average Bonchev–Trinajstić information content (AvgIpc) is 3.70. The van der Waals surface area contributed by atoms with Crippen molar-refractivity contribution in [3.05, 3.63) is 95.2 Å². The summed E-state index contributed by atoms with van der Waals surface area (Å²) in [7, 11) is -3.25. The van der Waals surface area contributed by atoms with Crippen molar-refractivity contribution < 1.29 is 22.6 Å². The molecular weight excluding hydrogens is 594 g/mol. The van der Waals surface area contributed by atoms with Gasteiger partial charge in [-0.1, -0.05) is 19.1 Å². The SMILES string of the molecule is CCC(C)n1ncn(-c2ccc(N3CCN(c4ccc(OC[C@@H]5CO[C@@H](c6ccc(S(C)(=O)=O)cc6)O5)cc4)CC3)cc2)c1=O. The molecule has 238 valence electrons. The first-order valence-electron chi connectivity index (χ1n) is 15.3. The third-order valence-corrected chi connectivity index (χ3v) is 9.57. The zero-order valence-electron chi connectivity index (χ0n) is 25.8. The lowest BCUT2D eigenvalue weighted by atomic mass is 10.2. The third kappa shape index (κ3) is 6.92. The summed E-state index contributed by atoms with van der Waals surface area (Å²) in [6.45, 7) is 8.35. The Morgan fingerprint density at radius 3 is 2.04 bits per heavy atom. The summed E-state index contributed by atoms with van der Waals surface area (Å²) in [4.78, 5) is 17.7. The Bertz CT molecular complexity index is 1750. The van der Waals surface area contributed by atoms with Gasteiger partial charge in [0.2, 0.25) is 0 Å². The highest BCUT2D eigenvalue weighted by molar-refractivity contribution is 7.90. The van der Waals surface area contributed by atoms with E-state index < -0.39 is 16.1 Å². The summed E-state index contributed by atoms with van der Waals surface area (Å²) in [5.74, 6) is 0.760. The number of rotatable bonds is 10. The fourth-order valence-corrected chi connectivity index (χ4v) is 6.17. The lowest BCUT2D eigenvalue weighted by Crippen LogP contribution is -2.46. The van der Waals surface area contributed by atoms with E-state index in [1.165, 1.54) is 10.9 Å². The molecule has 0 spiro atoms. The van der Waals surface area contributed by atoms with E-state index in [1.807, 2.05) is 38.1 Å². The van der Waals surface area contributed by atoms with Crippen molar-refractivity contribution in [3.63, 3.8) is 0 Å². The Kier molecular flexibility index (Phi) is 8.97. The number of ether oxygens (including phenoxy) is 3. The Labute approximate surface area is 263 Å². The van der Waals surface area contributed by atoms with Crippen LogP contribution >= 0.6 is 0 Å². The summed E-state index contributed by atoms with van der Waals surface area (Å²) in [6.07, 6.45) is 2.86. The molecule has 2 aliphatic rings. The zero-order valence-corrected chi connectivity index (χ0v) is 26.6. The molecule has 6 rings (SSSR count). The lowest BCUT2D eigenvalue weighted by Gasteiger charge is -2.37. The maximum absolute atomic E-state index is 12.8. The van der Waals surface area contributed by atoms with E-state index in [1.54, 1.807) is 35.2 Å². The van der Waals surface area contributed by atoms with Crippen molar-refractivity contribution in [1.29, 1.82) is 0 Å². The largest absolute Gasteiger partial charge is 0.491 e. The predicted octanol–water partition coefficient (Wildman–Crippen LogP) is 4.23. The van der Waals surface area contributed by atoms with Gasteiger partial charge in [-0.2, -0.15) is 5.10 Å². The molecule has 0 amide bonds. The van der Waals surface area contributed by atoms with Crippen LogP contribution in [0.2, 0.25) is 0 Å². The van der Waals surface area contributed by atoms with E-state index in [4.69, 9.17) is 14.2 Å². The third-order valence-electron chi connectivity index (χ3n) is 8.44. The van der Waals surface area contributed by atoms with Crippen molar-refractivity contribution in [2.75, 3.05) is 55.4 Å². The summed E-state index contributed by atoms with van der Waals surface area (Å²) >= 11 is 0. The van der Waals surface area contributed by atoms with Crippen molar-refractivity contribution in [3.8, 4) is 11.4 Å². The highest BCUT2D eigenvalue weighted by atomic mass is 32.2. The van der Waals surface area contributed by atoms with E-state index in [0.29, 0.717) is 13.2 Å². The van der Waals surface area contributed by atoms with Gasteiger partial charge in [0, 0.05) is 49.4 Å². The summed E-state index contributed by atoms with van der Waals surface area (Å²) < 4.78 is 44.3. The van der Waals surface area contributed by atoms with Crippen LogP contribution < -0.4 is 20.2 Å². The number of piperazine rings is 1. The van der Waals surface area contributed by atoms with Gasteiger partial charge in [-0.3, -0.25) is 0 Å². The van der Waals surface area contributed by atoms with Crippen molar-refractivity contribution >= 4 is 21.2 Å². The fourth-order valence-electron chi connectivity index (χ4n) is 5.54. The van der Waals surface area contributed by atoms with Crippen LogP contribution in [0.5, 0.6) is 5.75 Å². The Balaban J connectivity index is 0.969. The first-order valence-corrected chi connectivity index (χ1v) is 17.1. The number of hydrogen-bond acceptors (Lipinski definition) is 9. The summed E-state index contributed by atoms with van der Waals surface area (Å²) in [5.41, 5.74) is 3.75. The first kappa shape index (κ1) is 30.9. The van der Waals surface area contributed by atoms with Gasteiger partial charge in [0.05, 0.1) is 23.2 Å². The molecule has 0 saturated carbocycles.